The van der Waals surface area contributed by atoms with Gasteiger partial charge in [0.2, 0.25) is 5.91 Å². The number of Topliss-reactive ketones (excluding diaryl/α,β-unsaturated/α-hetero) is 1. The number of amides is 2. The molecule has 0 aromatic heterocycles. The zero-order chi connectivity index (χ0) is 29.9. The van der Waals surface area contributed by atoms with Crippen LogP contribution in [0.4, 0.5) is 24.5 Å². The molecule has 1 saturated heterocycles. The molecule has 0 radical (unpaired) electrons. The van der Waals surface area contributed by atoms with E-state index in [9.17, 15) is 27.6 Å². The number of hydrogen-bond donors (Lipinski definition) is 0. The van der Waals surface area contributed by atoms with E-state index in [4.69, 9.17) is 0 Å². The van der Waals surface area contributed by atoms with Crippen molar-refractivity contribution in [2.24, 2.45) is 4.99 Å². The first-order chi connectivity index (χ1) is 20.1. The van der Waals surface area contributed by atoms with Crippen LogP contribution in [-0.4, -0.2) is 59.6 Å². The molecule has 5 rings (SSSR count). The van der Waals surface area contributed by atoms with Crippen molar-refractivity contribution < 1.29 is 27.6 Å². The highest BCUT2D eigenvalue weighted by Crippen LogP contribution is 2.32. The smallest absolute Gasteiger partial charge is 0.368 e. The molecule has 0 saturated carbocycles. The molecule has 0 unspecified atom stereocenters. The second-order valence-electron chi connectivity index (χ2n) is 9.78. The molecular formula is C31H27F3N4O3S. The summed E-state index contributed by atoms with van der Waals surface area (Å²) in [5.74, 6) is -0.547. The minimum Gasteiger partial charge on any atom is -0.368 e. The van der Waals surface area contributed by atoms with Crippen LogP contribution in [0.5, 0.6) is 0 Å². The van der Waals surface area contributed by atoms with Crippen LogP contribution >= 0.6 is 11.8 Å². The average Bonchev–Trinajstić information content (AvgIpc) is 3.30. The molecule has 2 heterocycles. The molecule has 0 aliphatic carbocycles. The Balaban J connectivity index is 1.27. The fourth-order valence-corrected chi connectivity index (χ4v) is 5.61. The van der Waals surface area contributed by atoms with E-state index in [1.165, 1.54) is 30.0 Å². The van der Waals surface area contributed by atoms with Crippen molar-refractivity contribution >= 4 is 52.0 Å². The van der Waals surface area contributed by atoms with Crippen molar-refractivity contribution in [2.45, 2.75) is 13.1 Å². The molecule has 42 heavy (non-hydrogen) atoms. The molecule has 0 bridgehead atoms. The van der Waals surface area contributed by atoms with E-state index >= 15 is 0 Å². The third-order valence-electron chi connectivity index (χ3n) is 6.96. The number of halogens is 3. The lowest BCUT2D eigenvalue weighted by Gasteiger charge is -2.36. The second-order valence-corrected chi connectivity index (χ2v) is 10.7. The number of hydrogen-bond acceptors (Lipinski definition) is 6. The fourth-order valence-electron chi connectivity index (χ4n) is 4.70. The van der Waals surface area contributed by atoms with Crippen LogP contribution in [0.25, 0.3) is 6.08 Å². The first kappa shape index (κ1) is 29.1. The normalized spacial score (nSPS) is 16.7. The van der Waals surface area contributed by atoms with Crippen LogP contribution in [0.2, 0.25) is 0 Å². The van der Waals surface area contributed by atoms with Gasteiger partial charge in [0.15, 0.2) is 11.0 Å². The zero-order valence-corrected chi connectivity index (χ0v) is 23.5. The number of carbonyl (C=O) groups is 3. The Labute approximate surface area is 245 Å². The lowest BCUT2D eigenvalue weighted by molar-refractivity contribution is -0.137. The maximum absolute atomic E-state index is 13.4. The van der Waals surface area contributed by atoms with Crippen molar-refractivity contribution in [1.82, 2.24) is 4.90 Å². The van der Waals surface area contributed by atoms with E-state index in [0.29, 0.717) is 37.4 Å². The van der Waals surface area contributed by atoms with Crippen LogP contribution in [-0.2, 0) is 15.8 Å². The summed E-state index contributed by atoms with van der Waals surface area (Å²) in [6, 6.07) is 20.9. The molecule has 3 aromatic rings. The van der Waals surface area contributed by atoms with Crippen molar-refractivity contribution in [3.05, 3.63) is 101 Å². The summed E-state index contributed by atoms with van der Waals surface area (Å²) in [6.45, 7) is 3.83. The second kappa shape index (κ2) is 12.2. The lowest BCUT2D eigenvalue weighted by atomic mass is 10.1. The Morgan fingerprint density at radius 2 is 1.60 bits per heavy atom. The molecule has 2 amide bonds. The minimum atomic E-state index is -4.51. The van der Waals surface area contributed by atoms with Gasteiger partial charge in [0.25, 0.3) is 5.91 Å². The largest absolute Gasteiger partial charge is 0.416 e. The maximum atomic E-state index is 13.4. The number of rotatable bonds is 6. The summed E-state index contributed by atoms with van der Waals surface area (Å²) in [4.78, 5) is 47.7. The highest BCUT2D eigenvalue weighted by molar-refractivity contribution is 8.14. The number of carbonyl (C=O) groups excluding carboxylic acids is 3. The molecule has 216 valence electrons. The number of thioether (sulfide) groups is 1. The first-order valence-electron chi connectivity index (χ1n) is 13.2. The number of alkyl halides is 3. The zero-order valence-electron chi connectivity index (χ0n) is 22.7. The van der Waals surface area contributed by atoms with E-state index in [1.807, 2.05) is 12.1 Å². The van der Waals surface area contributed by atoms with Gasteiger partial charge in [-0.3, -0.25) is 19.3 Å². The van der Waals surface area contributed by atoms with E-state index in [0.717, 1.165) is 29.6 Å². The molecule has 0 spiro atoms. The van der Waals surface area contributed by atoms with Crippen LogP contribution in [0.1, 0.15) is 28.4 Å². The summed E-state index contributed by atoms with van der Waals surface area (Å²) in [6.07, 6.45) is -3.19. The Bertz CT molecular complexity index is 1550. The van der Waals surface area contributed by atoms with Gasteiger partial charge in [-0.1, -0.05) is 42.1 Å². The number of ketones is 1. The standard InChI is InChI=1S/C31H27F3N4O3S/c1-21(39)23-10-12-25(13-11-23)36-14-16-37(17-15-36)28(40)20-42-30-35-27(29(41)38(30)26-8-3-2-4-9-26)19-22-6-5-7-24(18-22)31(32,33)34/h2-13,18-19H,14-17,20H2,1H3/b27-19-. The number of benzene rings is 3. The van der Waals surface area contributed by atoms with Gasteiger partial charge in [-0.25, -0.2) is 4.99 Å². The minimum absolute atomic E-state index is 0.00660. The van der Waals surface area contributed by atoms with Gasteiger partial charge >= 0.3 is 6.18 Å². The number of amidine groups is 1. The molecule has 7 nitrogen and oxygen atoms in total. The Kier molecular flexibility index (Phi) is 8.49. The van der Waals surface area contributed by atoms with E-state index in [2.05, 4.69) is 9.89 Å². The monoisotopic (exact) mass is 592 g/mol. The van der Waals surface area contributed by atoms with Crippen LogP contribution < -0.4 is 9.80 Å². The lowest BCUT2D eigenvalue weighted by Crippen LogP contribution is -2.49. The van der Waals surface area contributed by atoms with Gasteiger partial charge in [0, 0.05) is 37.4 Å². The Hall–Kier alpha value is -4.38. The van der Waals surface area contributed by atoms with Gasteiger partial charge in [-0.15, -0.1) is 0 Å². The molecule has 11 heteroatoms. The molecule has 0 N–H and O–H groups in total. The summed E-state index contributed by atoms with van der Waals surface area (Å²) in [5, 5.41) is 0.280. The van der Waals surface area contributed by atoms with Crippen LogP contribution in [0, 0.1) is 0 Å². The summed E-state index contributed by atoms with van der Waals surface area (Å²) in [7, 11) is 0. The Morgan fingerprint density at radius 1 is 0.905 bits per heavy atom. The molecular weight excluding hydrogens is 565 g/mol. The highest BCUT2D eigenvalue weighted by Gasteiger charge is 2.34. The molecule has 2 aliphatic rings. The van der Waals surface area contributed by atoms with Gasteiger partial charge in [-0.05, 0) is 67.1 Å². The van der Waals surface area contributed by atoms with Gasteiger partial charge in [0.1, 0.15) is 5.70 Å². The van der Waals surface area contributed by atoms with E-state index < -0.39 is 17.6 Å². The number of anilines is 2. The SMILES string of the molecule is CC(=O)c1ccc(N2CCN(C(=O)CSC3=N/C(=C\c4cccc(C(F)(F)F)c4)C(=O)N3c3ccccc3)CC2)cc1. The van der Waals surface area contributed by atoms with E-state index in [1.54, 1.807) is 47.4 Å². The summed E-state index contributed by atoms with van der Waals surface area (Å²) < 4.78 is 39.6. The van der Waals surface area contributed by atoms with Crippen molar-refractivity contribution in [1.29, 1.82) is 0 Å². The van der Waals surface area contributed by atoms with Gasteiger partial charge < -0.3 is 9.80 Å². The van der Waals surface area contributed by atoms with Gasteiger partial charge in [0.05, 0.1) is 17.0 Å². The van der Waals surface area contributed by atoms with Crippen molar-refractivity contribution in [3.63, 3.8) is 0 Å². The number of aliphatic imine (C=N–C) groups is 1. The van der Waals surface area contributed by atoms with E-state index in [-0.39, 0.29) is 33.9 Å². The average molecular weight is 593 g/mol. The maximum Gasteiger partial charge on any atom is 0.416 e. The topological polar surface area (TPSA) is 73.3 Å². The van der Waals surface area contributed by atoms with Gasteiger partial charge in [-0.2, -0.15) is 13.2 Å². The number of nitrogens with zero attached hydrogens (tertiary/aromatic N) is 4. The van der Waals surface area contributed by atoms with Crippen molar-refractivity contribution in [2.75, 3.05) is 41.7 Å². The number of para-hydroxylation sites is 1. The van der Waals surface area contributed by atoms with Crippen LogP contribution in [0.15, 0.2) is 89.6 Å². The quantitative estimate of drug-likeness (QED) is 0.270. The predicted molar refractivity (Wildman–Crippen MR) is 158 cm³/mol. The molecule has 1 fully saturated rings. The molecule has 0 atom stereocenters. The van der Waals surface area contributed by atoms with Crippen LogP contribution in [0.3, 0.4) is 0 Å². The molecule has 3 aromatic carbocycles. The number of piperazine rings is 1. The first-order valence-corrected chi connectivity index (χ1v) is 14.2. The molecule has 2 aliphatic heterocycles. The predicted octanol–water partition coefficient (Wildman–Crippen LogP) is 5.73. The fraction of sp³-hybridized carbons (Fsp3) is 0.226. The summed E-state index contributed by atoms with van der Waals surface area (Å²) in [5.41, 5.74) is 1.53. The summed E-state index contributed by atoms with van der Waals surface area (Å²) >= 11 is 1.11. The Morgan fingerprint density at radius 3 is 2.24 bits per heavy atom. The third kappa shape index (κ3) is 6.57. The van der Waals surface area contributed by atoms with Crippen molar-refractivity contribution in [3.8, 4) is 0 Å². The third-order valence-corrected chi connectivity index (χ3v) is 7.88. The highest BCUT2D eigenvalue weighted by atomic mass is 32.2.